The fraction of sp³-hybridized carbons (Fsp3) is 0.316. The molecule has 0 radical (unpaired) electrons. The van der Waals surface area contributed by atoms with E-state index in [2.05, 4.69) is 0 Å². The Balaban J connectivity index is 1.53. The van der Waals surface area contributed by atoms with Crippen molar-refractivity contribution in [1.29, 1.82) is 0 Å². The van der Waals surface area contributed by atoms with Crippen LogP contribution < -0.4 is 0 Å². The maximum Gasteiger partial charge on any atom is 0.183 e. The molecule has 1 spiro atoms. The van der Waals surface area contributed by atoms with Crippen LogP contribution >= 0.6 is 11.6 Å². The van der Waals surface area contributed by atoms with Crippen LogP contribution in [0.3, 0.4) is 0 Å². The molecule has 3 nitrogen and oxygen atoms in total. The van der Waals surface area contributed by atoms with Gasteiger partial charge in [0.15, 0.2) is 12.1 Å². The highest BCUT2D eigenvalue weighted by Crippen LogP contribution is 2.41. The summed E-state index contributed by atoms with van der Waals surface area (Å²) in [5.41, 5.74) is 2.32. The third-order valence-corrected chi connectivity index (χ3v) is 5.03. The molecule has 1 aliphatic heterocycles. The molecule has 0 atom stereocenters. The van der Waals surface area contributed by atoms with E-state index < -0.39 is 11.7 Å². The van der Waals surface area contributed by atoms with Crippen LogP contribution in [0.25, 0.3) is 0 Å². The zero-order valence-electron chi connectivity index (χ0n) is 12.6. The van der Waals surface area contributed by atoms with Crippen LogP contribution in [0.2, 0.25) is 5.02 Å². The summed E-state index contributed by atoms with van der Waals surface area (Å²) >= 11 is 5.91. The van der Waals surface area contributed by atoms with Crippen LogP contribution in [0.1, 0.15) is 34.2 Å². The van der Waals surface area contributed by atoms with E-state index in [4.69, 9.17) is 21.1 Å². The van der Waals surface area contributed by atoms with Gasteiger partial charge in [0.1, 0.15) is 0 Å². The number of hydrogen-bond donors (Lipinski definition) is 0. The van der Waals surface area contributed by atoms with Gasteiger partial charge in [0.25, 0.3) is 0 Å². The third kappa shape index (κ3) is 2.59. The fourth-order valence-corrected chi connectivity index (χ4v) is 3.51. The Kier molecular flexibility index (Phi) is 3.72. The van der Waals surface area contributed by atoms with Crippen LogP contribution in [0.5, 0.6) is 0 Å². The van der Waals surface area contributed by atoms with Crippen molar-refractivity contribution in [3.63, 3.8) is 0 Å². The normalized spacial score (nSPS) is 27.0. The predicted octanol–water partition coefficient (Wildman–Crippen LogP) is 4.20. The topological polar surface area (TPSA) is 35.5 Å². The number of Topliss-reactive ketones (excluding diaryl/α,β-unsaturated/α-hetero) is 1. The van der Waals surface area contributed by atoms with E-state index in [0.29, 0.717) is 18.2 Å². The number of benzene rings is 2. The Morgan fingerprint density at radius 3 is 2.43 bits per heavy atom. The first-order valence-corrected chi connectivity index (χ1v) is 8.17. The standard InChI is InChI=1S/C19H17ClO3/c20-15-7-5-14(6-8-15)18-22-11-19(12-23-18)10-9-13-3-1-2-4-16(13)17(19)21/h1-8,18H,9-12H2. The van der Waals surface area contributed by atoms with Crippen molar-refractivity contribution < 1.29 is 14.3 Å². The Morgan fingerprint density at radius 2 is 1.70 bits per heavy atom. The second-order valence-corrected chi connectivity index (χ2v) is 6.71. The number of halogens is 1. The van der Waals surface area contributed by atoms with Gasteiger partial charge in [0.05, 0.1) is 18.6 Å². The quantitative estimate of drug-likeness (QED) is 0.787. The van der Waals surface area contributed by atoms with Gasteiger partial charge in [0.2, 0.25) is 0 Å². The minimum Gasteiger partial charge on any atom is -0.347 e. The van der Waals surface area contributed by atoms with Crippen molar-refractivity contribution in [3.05, 3.63) is 70.2 Å². The Hall–Kier alpha value is -1.68. The molecule has 0 aromatic heterocycles. The van der Waals surface area contributed by atoms with Crippen molar-refractivity contribution in [2.75, 3.05) is 13.2 Å². The van der Waals surface area contributed by atoms with Crippen molar-refractivity contribution in [3.8, 4) is 0 Å². The molecule has 0 unspecified atom stereocenters. The van der Waals surface area contributed by atoms with Crippen LogP contribution in [0.15, 0.2) is 48.5 Å². The highest BCUT2D eigenvalue weighted by Gasteiger charge is 2.46. The number of carbonyl (C=O) groups is 1. The Morgan fingerprint density at radius 1 is 1.00 bits per heavy atom. The van der Waals surface area contributed by atoms with Crippen molar-refractivity contribution >= 4 is 17.4 Å². The van der Waals surface area contributed by atoms with Gasteiger partial charge in [-0.3, -0.25) is 4.79 Å². The highest BCUT2D eigenvalue weighted by molar-refractivity contribution is 6.30. The molecular weight excluding hydrogens is 312 g/mol. The molecule has 4 rings (SSSR count). The minimum atomic E-state index is -0.544. The molecule has 118 valence electrons. The predicted molar refractivity (Wildman–Crippen MR) is 87.6 cm³/mol. The Labute approximate surface area is 140 Å². The number of fused-ring (bicyclic) bond motifs is 1. The molecule has 2 aromatic rings. The van der Waals surface area contributed by atoms with Gasteiger partial charge < -0.3 is 9.47 Å². The lowest BCUT2D eigenvalue weighted by Crippen LogP contribution is -2.47. The van der Waals surface area contributed by atoms with E-state index in [-0.39, 0.29) is 5.78 Å². The van der Waals surface area contributed by atoms with Crippen molar-refractivity contribution in [2.24, 2.45) is 5.41 Å². The monoisotopic (exact) mass is 328 g/mol. The number of rotatable bonds is 1. The first-order valence-electron chi connectivity index (χ1n) is 7.79. The molecule has 1 aliphatic carbocycles. The van der Waals surface area contributed by atoms with Gasteiger partial charge >= 0.3 is 0 Å². The summed E-state index contributed by atoms with van der Waals surface area (Å²) in [4.78, 5) is 12.9. The molecule has 0 bridgehead atoms. The lowest BCUT2D eigenvalue weighted by atomic mass is 9.71. The van der Waals surface area contributed by atoms with Crippen LogP contribution in [0.4, 0.5) is 0 Å². The summed E-state index contributed by atoms with van der Waals surface area (Å²) in [6.45, 7) is 0.793. The van der Waals surface area contributed by atoms with Gasteiger partial charge in [-0.05, 0) is 30.5 Å². The lowest BCUT2D eigenvalue weighted by molar-refractivity contribution is -0.223. The molecular formula is C19H17ClO3. The summed E-state index contributed by atoms with van der Waals surface area (Å²) in [6.07, 6.45) is 1.24. The first kappa shape index (κ1) is 14.9. The van der Waals surface area contributed by atoms with Gasteiger partial charge in [-0.15, -0.1) is 0 Å². The number of hydrogen-bond acceptors (Lipinski definition) is 3. The zero-order chi connectivity index (χ0) is 15.9. The van der Waals surface area contributed by atoms with Crippen LogP contribution in [-0.4, -0.2) is 19.0 Å². The molecule has 0 N–H and O–H groups in total. The highest BCUT2D eigenvalue weighted by atomic mass is 35.5. The second kappa shape index (κ2) is 5.75. The summed E-state index contributed by atoms with van der Waals surface area (Å²) in [7, 11) is 0. The summed E-state index contributed by atoms with van der Waals surface area (Å²) in [5.74, 6) is 0.147. The number of ketones is 1. The SMILES string of the molecule is O=C1c2ccccc2CCC12COC(c1ccc(Cl)cc1)OC2. The van der Waals surface area contributed by atoms with E-state index >= 15 is 0 Å². The summed E-state index contributed by atoms with van der Waals surface area (Å²) in [6, 6.07) is 15.2. The van der Waals surface area contributed by atoms with Gasteiger partial charge in [0, 0.05) is 16.1 Å². The maximum absolute atomic E-state index is 12.9. The largest absolute Gasteiger partial charge is 0.347 e. The van der Waals surface area contributed by atoms with Gasteiger partial charge in [-0.25, -0.2) is 0 Å². The first-order chi connectivity index (χ1) is 11.2. The van der Waals surface area contributed by atoms with Crippen molar-refractivity contribution in [1.82, 2.24) is 0 Å². The maximum atomic E-state index is 12.9. The van der Waals surface area contributed by atoms with E-state index in [1.165, 1.54) is 0 Å². The van der Waals surface area contributed by atoms with Crippen molar-refractivity contribution in [2.45, 2.75) is 19.1 Å². The third-order valence-electron chi connectivity index (χ3n) is 4.78. The van der Waals surface area contributed by atoms with E-state index in [1.807, 2.05) is 48.5 Å². The molecule has 23 heavy (non-hydrogen) atoms. The minimum absolute atomic E-state index is 0.147. The molecule has 1 saturated heterocycles. The van der Waals surface area contributed by atoms with E-state index in [0.717, 1.165) is 29.5 Å². The summed E-state index contributed by atoms with van der Waals surface area (Å²) in [5, 5.41) is 0.681. The Bertz CT molecular complexity index is 731. The number of carbonyl (C=O) groups excluding carboxylic acids is 1. The van der Waals surface area contributed by atoms with Crippen LogP contribution in [0, 0.1) is 5.41 Å². The average Bonchev–Trinajstić information content (AvgIpc) is 2.60. The molecule has 2 aliphatic rings. The molecule has 0 amide bonds. The summed E-state index contributed by atoms with van der Waals surface area (Å²) < 4.78 is 11.8. The molecule has 1 heterocycles. The fourth-order valence-electron chi connectivity index (χ4n) is 3.38. The zero-order valence-corrected chi connectivity index (χ0v) is 13.4. The lowest BCUT2D eigenvalue weighted by Gasteiger charge is -2.41. The van der Waals surface area contributed by atoms with Crippen LogP contribution in [-0.2, 0) is 15.9 Å². The van der Waals surface area contributed by atoms with Gasteiger partial charge in [-0.2, -0.15) is 0 Å². The average molecular weight is 329 g/mol. The van der Waals surface area contributed by atoms with Gasteiger partial charge in [-0.1, -0.05) is 48.0 Å². The van der Waals surface area contributed by atoms with E-state index in [9.17, 15) is 4.79 Å². The van der Waals surface area contributed by atoms with E-state index in [1.54, 1.807) is 0 Å². The molecule has 4 heteroatoms. The second-order valence-electron chi connectivity index (χ2n) is 6.27. The molecule has 0 saturated carbocycles. The smallest absolute Gasteiger partial charge is 0.183 e. The molecule has 1 fully saturated rings. The number of ether oxygens (including phenoxy) is 2. The molecule has 2 aromatic carbocycles. The number of aryl methyl sites for hydroxylation is 1.